The van der Waals surface area contributed by atoms with Crippen LogP contribution in [0.4, 0.5) is 18.9 Å². The molecule has 1 fully saturated rings. The Hall–Kier alpha value is -2.74. The summed E-state index contributed by atoms with van der Waals surface area (Å²) in [7, 11) is 0. The van der Waals surface area contributed by atoms with Crippen LogP contribution in [0.5, 0.6) is 5.75 Å². The Morgan fingerprint density at radius 3 is 2.68 bits per heavy atom. The van der Waals surface area contributed by atoms with E-state index in [1.54, 1.807) is 6.07 Å². The van der Waals surface area contributed by atoms with Crippen LogP contribution in [-0.4, -0.2) is 37.4 Å². The molecule has 0 bridgehead atoms. The molecule has 2 aromatic rings. The molecular weight excluding hydrogens is 371 g/mol. The van der Waals surface area contributed by atoms with Gasteiger partial charge in [-0.3, -0.25) is 4.79 Å². The average Bonchev–Trinajstić information content (AvgIpc) is 3.10. The first-order valence-corrected chi connectivity index (χ1v) is 9.01. The maximum absolute atomic E-state index is 12.4. The molecule has 2 unspecified atom stereocenters. The van der Waals surface area contributed by atoms with E-state index in [-0.39, 0.29) is 17.7 Å². The molecule has 8 heteroatoms. The van der Waals surface area contributed by atoms with Crippen molar-refractivity contribution in [1.82, 2.24) is 5.32 Å². The van der Waals surface area contributed by atoms with Crippen LogP contribution < -0.4 is 20.7 Å². The van der Waals surface area contributed by atoms with E-state index in [0.29, 0.717) is 31.6 Å². The number of carbonyl (C=O) groups excluding carboxylic acids is 1. The van der Waals surface area contributed by atoms with Crippen molar-refractivity contribution in [2.45, 2.75) is 31.3 Å². The molecule has 0 aliphatic carbocycles. The molecule has 150 valence electrons. The molecule has 1 heterocycles. The second-order valence-electron chi connectivity index (χ2n) is 6.78. The lowest BCUT2D eigenvalue weighted by Gasteiger charge is -2.21. The molecule has 0 radical (unpaired) electrons. The summed E-state index contributed by atoms with van der Waals surface area (Å²) in [5.41, 5.74) is 7.61. The summed E-state index contributed by atoms with van der Waals surface area (Å²) in [6, 6.07) is 14.6. The third-order valence-corrected chi connectivity index (χ3v) is 4.59. The number of alkyl halides is 3. The molecule has 1 saturated heterocycles. The summed E-state index contributed by atoms with van der Waals surface area (Å²) in [5.74, 6) is -0.493. The lowest BCUT2D eigenvalue weighted by Crippen LogP contribution is -2.47. The minimum Gasteiger partial charge on any atom is -0.406 e. The van der Waals surface area contributed by atoms with Gasteiger partial charge in [-0.15, -0.1) is 13.2 Å². The van der Waals surface area contributed by atoms with Crippen LogP contribution in [0.25, 0.3) is 0 Å². The molecule has 5 nitrogen and oxygen atoms in total. The fourth-order valence-electron chi connectivity index (χ4n) is 3.26. The second kappa shape index (κ2) is 8.52. The molecule has 0 saturated carbocycles. The van der Waals surface area contributed by atoms with E-state index in [1.807, 2.05) is 35.2 Å². The van der Waals surface area contributed by atoms with E-state index < -0.39 is 12.4 Å². The number of rotatable bonds is 6. The number of nitrogens with one attached hydrogen (secondary N) is 1. The molecule has 28 heavy (non-hydrogen) atoms. The highest BCUT2D eigenvalue weighted by molar-refractivity contribution is 5.82. The van der Waals surface area contributed by atoms with Crippen molar-refractivity contribution >= 4 is 11.6 Å². The smallest absolute Gasteiger partial charge is 0.406 e. The minimum atomic E-state index is -4.73. The van der Waals surface area contributed by atoms with E-state index in [0.717, 1.165) is 5.56 Å². The van der Waals surface area contributed by atoms with E-state index in [2.05, 4.69) is 10.1 Å². The molecule has 3 rings (SSSR count). The van der Waals surface area contributed by atoms with E-state index in [9.17, 15) is 18.0 Å². The maximum Gasteiger partial charge on any atom is 0.573 e. The summed E-state index contributed by atoms with van der Waals surface area (Å²) in [5, 5.41) is 2.93. The van der Waals surface area contributed by atoms with Gasteiger partial charge < -0.3 is 20.7 Å². The van der Waals surface area contributed by atoms with Crippen molar-refractivity contribution in [2.24, 2.45) is 5.73 Å². The molecule has 2 atom stereocenters. The highest BCUT2D eigenvalue weighted by Gasteiger charge is 2.32. The standard InChI is InChI=1S/C20H22F3N3O2/c21-20(22,23)28-17-8-4-7-16(12-17)26-10-9-15(13-26)25-19(27)18(24)11-14-5-2-1-3-6-14/h1-8,12,15,18H,9-11,13,24H2,(H,25,27). The number of ether oxygens (including phenoxy) is 1. The Bertz CT molecular complexity index is 799. The van der Waals surface area contributed by atoms with Gasteiger partial charge in [-0.1, -0.05) is 36.4 Å². The predicted octanol–water partition coefficient (Wildman–Crippen LogP) is 2.85. The maximum atomic E-state index is 12.4. The third kappa shape index (κ3) is 5.63. The number of carbonyl (C=O) groups is 1. The van der Waals surface area contributed by atoms with Crippen LogP contribution in [0.2, 0.25) is 0 Å². The summed E-state index contributed by atoms with van der Waals surface area (Å²) in [6.07, 6.45) is -3.59. The number of nitrogens with two attached hydrogens (primary N) is 1. The van der Waals surface area contributed by atoms with Crippen molar-refractivity contribution < 1.29 is 22.7 Å². The molecular formula is C20H22F3N3O2. The van der Waals surface area contributed by atoms with Crippen LogP contribution in [0.15, 0.2) is 54.6 Å². The SMILES string of the molecule is NC(Cc1ccccc1)C(=O)NC1CCN(c2cccc(OC(F)(F)F)c2)C1. The summed E-state index contributed by atoms with van der Waals surface area (Å²) < 4.78 is 41.1. The van der Waals surface area contributed by atoms with Gasteiger partial charge >= 0.3 is 6.36 Å². The molecule has 1 aliphatic rings. The lowest BCUT2D eigenvalue weighted by molar-refractivity contribution is -0.274. The number of halogens is 3. The second-order valence-corrected chi connectivity index (χ2v) is 6.78. The van der Waals surface area contributed by atoms with Crippen LogP contribution >= 0.6 is 0 Å². The fourth-order valence-corrected chi connectivity index (χ4v) is 3.26. The van der Waals surface area contributed by atoms with E-state index >= 15 is 0 Å². The first-order valence-electron chi connectivity index (χ1n) is 9.01. The lowest BCUT2D eigenvalue weighted by atomic mass is 10.1. The van der Waals surface area contributed by atoms with Gasteiger partial charge in [-0.05, 0) is 30.5 Å². The van der Waals surface area contributed by atoms with Crippen LogP contribution in [-0.2, 0) is 11.2 Å². The Kier molecular flexibility index (Phi) is 6.08. The number of nitrogens with zero attached hydrogens (tertiary/aromatic N) is 1. The van der Waals surface area contributed by atoms with Crippen LogP contribution in [0, 0.1) is 0 Å². The number of amides is 1. The number of hydrogen-bond acceptors (Lipinski definition) is 4. The van der Waals surface area contributed by atoms with Gasteiger partial charge in [-0.2, -0.15) is 0 Å². The summed E-state index contributed by atoms with van der Waals surface area (Å²) in [6.45, 7) is 1.12. The molecule has 1 amide bonds. The zero-order chi connectivity index (χ0) is 20.1. The van der Waals surface area contributed by atoms with Crippen molar-refractivity contribution in [3.63, 3.8) is 0 Å². The monoisotopic (exact) mass is 393 g/mol. The first kappa shape index (κ1) is 20.0. The topological polar surface area (TPSA) is 67.6 Å². The molecule has 0 aromatic heterocycles. The Labute approximate surface area is 161 Å². The predicted molar refractivity (Wildman–Crippen MR) is 100 cm³/mol. The number of anilines is 1. The Morgan fingerprint density at radius 1 is 1.21 bits per heavy atom. The van der Waals surface area contributed by atoms with Gasteiger partial charge in [-0.25, -0.2) is 0 Å². The van der Waals surface area contributed by atoms with Crippen molar-refractivity contribution in [2.75, 3.05) is 18.0 Å². The van der Waals surface area contributed by atoms with Gasteiger partial charge in [0.2, 0.25) is 5.91 Å². The summed E-state index contributed by atoms with van der Waals surface area (Å²) >= 11 is 0. The van der Waals surface area contributed by atoms with E-state index in [4.69, 9.17) is 5.73 Å². The number of benzene rings is 2. The fraction of sp³-hybridized carbons (Fsp3) is 0.350. The number of hydrogen-bond donors (Lipinski definition) is 2. The van der Waals surface area contributed by atoms with Crippen LogP contribution in [0.3, 0.4) is 0 Å². The summed E-state index contributed by atoms with van der Waals surface area (Å²) in [4.78, 5) is 14.3. The first-order chi connectivity index (χ1) is 13.3. The van der Waals surface area contributed by atoms with Gasteiger partial charge in [0.05, 0.1) is 6.04 Å². The molecule has 1 aliphatic heterocycles. The average molecular weight is 393 g/mol. The Balaban J connectivity index is 1.54. The van der Waals surface area contributed by atoms with Gasteiger partial charge in [0, 0.05) is 30.9 Å². The largest absolute Gasteiger partial charge is 0.573 e. The van der Waals surface area contributed by atoms with Crippen molar-refractivity contribution in [3.8, 4) is 5.75 Å². The third-order valence-electron chi connectivity index (χ3n) is 4.59. The molecule has 0 spiro atoms. The highest BCUT2D eigenvalue weighted by Crippen LogP contribution is 2.28. The zero-order valence-electron chi connectivity index (χ0n) is 15.2. The van der Waals surface area contributed by atoms with E-state index in [1.165, 1.54) is 18.2 Å². The van der Waals surface area contributed by atoms with Gasteiger partial charge in [0.25, 0.3) is 0 Å². The van der Waals surface area contributed by atoms with Crippen molar-refractivity contribution in [1.29, 1.82) is 0 Å². The van der Waals surface area contributed by atoms with Crippen LogP contribution in [0.1, 0.15) is 12.0 Å². The van der Waals surface area contributed by atoms with Crippen molar-refractivity contribution in [3.05, 3.63) is 60.2 Å². The molecule has 2 aromatic carbocycles. The zero-order valence-corrected chi connectivity index (χ0v) is 15.2. The van der Waals surface area contributed by atoms with Gasteiger partial charge in [0.1, 0.15) is 5.75 Å². The molecule has 3 N–H and O–H groups in total. The normalized spacial score (nSPS) is 18.0. The minimum absolute atomic E-state index is 0.110. The Morgan fingerprint density at radius 2 is 1.96 bits per heavy atom. The van der Waals surface area contributed by atoms with Gasteiger partial charge in [0.15, 0.2) is 0 Å². The quantitative estimate of drug-likeness (QED) is 0.792. The highest BCUT2D eigenvalue weighted by atomic mass is 19.4.